The molecule has 1 unspecified atom stereocenters. The topological polar surface area (TPSA) is 49.4 Å². The Labute approximate surface area is 114 Å². The molecular weight excluding hydrogens is 296 g/mol. The van der Waals surface area contributed by atoms with Gasteiger partial charge in [0.1, 0.15) is 6.04 Å². The number of nitrogens with one attached hydrogen (secondary N) is 1. The first-order valence-electron chi connectivity index (χ1n) is 5.89. The molecule has 1 fully saturated rings. The number of halogens is 1. The van der Waals surface area contributed by atoms with Crippen LogP contribution in [0.25, 0.3) is 0 Å². The van der Waals surface area contributed by atoms with E-state index in [4.69, 9.17) is 0 Å². The quantitative estimate of drug-likeness (QED) is 0.872. The molecule has 0 aliphatic carbocycles. The molecule has 18 heavy (non-hydrogen) atoms. The molecule has 1 heterocycles. The van der Waals surface area contributed by atoms with E-state index in [1.54, 1.807) is 0 Å². The first-order valence-corrected chi connectivity index (χ1v) is 6.69. The van der Waals surface area contributed by atoms with E-state index in [0.717, 1.165) is 15.7 Å². The molecule has 4 nitrogen and oxygen atoms in total. The highest BCUT2D eigenvalue weighted by atomic mass is 79.9. The zero-order valence-corrected chi connectivity index (χ0v) is 12.0. The summed E-state index contributed by atoms with van der Waals surface area (Å²) < 4.78 is 0.995. The van der Waals surface area contributed by atoms with Gasteiger partial charge in [-0.25, -0.2) is 0 Å². The highest BCUT2D eigenvalue weighted by Crippen LogP contribution is 2.23. The molecule has 1 aliphatic rings. The van der Waals surface area contributed by atoms with E-state index in [9.17, 15) is 9.59 Å². The van der Waals surface area contributed by atoms with Crippen LogP contribution in [0.4, 0.5) is 5.69 Å². The molecule has 0 radical (unpaired) electrons. The Hall–Kier alpha value is -1.36. The van der Waals surface area contributed by atoms with Crippen molar-refractivity contribution in [1.82, 2.24) is 4.90 Å². The molecule has 0 spiro atoms. The zero-order chi connectivity index (χ0) is 13.3. The summed E-state index contributed by atoms with van der Waals surface area (Å²) in [5.41, 5.74) is 1.93. The minimum absolute atomic E-state index is 0.102. The largest absolute Gasteiger partial charge is 0.373 e. The van der Waals surface area contributed by atoms with Crippen LogP contribution in [-0.2, 0) is 9.59 Å². The second-order valence-corrected chi connectivity index (χ2v) is 5.25. The first-order chi connectivity index (χ1) is 8.52. The molecule has 96 valence electrons. The highest BCUT2D eigenvalue weighted by Gasteiger charge is 2.37. The van der Waals surface area contributed by atoms with Crippen molar-refractivity contribution in [3.05, 3.63) is 28.2 Å². The van der Waals surface area contributed by atoms with Crippen LogP contribution in [-0.4, -0.2) is 29.3 Å². The molecule has 1 N–H and O–H groups in total. The second kappa shape index (κ2) is 5.10. The summed E-state index contributed by atoms with van der Waals surface area (Å²) in [6, 6.07) is 5.36. The van der Waals surface area contributed by atoms with Gasteiger partial charge in [-0.05, 0) is 37.6 Å². The molecular formula is C13H15BrN2O2. The van der Waals surface area contributed by atoms with E-state index < -0.39 is 6.04 Å². The van der Waals surface area contributed by atoms with Crippen molar-refractivity contribution < 1.29 is 9.59 Å². The van der Waals surface area contributed by atoms with Crippen LogP contribution in [0.2, 0.25) is 0 Å². The molecule has 0 saturated carbocycles. The number of carbonyl (C=O) groups excluding carboxylic acids is 2. The molecule has 2 rings (SSSR count). The van der Waals surface area contributed by atoms with Gasteiger partial charge in [0.05, 0.1) is 6.42 Å². The van der Waals surface area contributed by atoms with Crippen LogP contribution in [0.5, 0.6) is 0 Å². The van der Waals surface area contributed by atoms with Crippen molar-refractivity contribution in [2.24, 2.45) is 0 Å². The highest BCUT2D eigenvalue weighted by molar-refractivity contribution is 9.10. The Kier molecular flexibility index (Phi) is 3.71. The van der Waals surface area contributed by atoms with Crippen LogP contribution in [0.1, 0.15) is 18.9 Å². The summed E-state index contributed by atoms with van der Waals surface area (Å²) in [4.78, 5) is 24.9. The lowest BCUT2D eigenvalue weighted by atomic mass is 10.1. The van der Waals surface area contributed by atoms with Gasteiger partial charge >= 0.3 is 0 Å². The van der Waals surface area contributed by atoms with Gasteiger partial charge in [-0.15, -0.1) is 0 Å². The fraction of sp³-hybridized carbons (Fsp3) is 0.385. The first kappa shape index (κ1) is 13.1. The maximum absolute atomic E-state index is 12.0. The Morgan fingerprint density at radius 2 is 2.17 bits per heavy atom. The normalized spacial score (nSPS) is 19.5. The number of aryl methyl sites for hydroxylation is 1. The predicted molar refractivity (Wildman–Crippen MR) is 73.3 cm³/mol. The lowest BCUT2D eigenvalue weighted by Gasteiger charge is -2.15. The second-order valence-electron chi connectivity index (χ2n) is 4.34. The monoisotopic (exact) mass is 310 g/mol. The molecule has 0 bridgehead atoms. The zero-order valence-electron chi connectivity index (χ0n) is 10.4. The summed E-state index contributed by atoms with van der Waals surface area (Å²) in [5, 5.41) is 3.15. The minimum Gasteiger partial charge on any atom is -0.373 e. The van der Waals surface area contributed by atoms with Gasteiger partial charge in [0.2, 0.25) is 5.91 Å². The van der Waals surface area contributed by atoms with Gasteiger partial charge in [-0.3, -0.25) is 14.5 Å². The van der Waals surface area contributed by atoms with Gasteiger partial charge in [0, 0.05) is 16.7 Å². The van der Waals surface area contributed by atoms with E-state index in [1.165, 1.54) is 4.90 Å². The Bertz CT molecular complexity index is 502. The Morgan fingerprint density at radius 3 is 2.72 bits per heavy atom. The number of benzene rings is 1. The van der Waals surface area contributed by atoms with Crippen LogP contribution in [0, 0.1) is 6.92 Å². The summed E-state index contributed by atoms with van der Waals surface area (Å²) in [6.07, 6.45) is 0.238. The number of nitrogens with zero attached hydrogens (tertiary/aromatic N) is 1. The predicted octanol–water partition coefficient (Wildman–Crippen LogP) is 2.32. The average molecular weight is 311 g/mol. The maximum Gasteiger partial charge on any atom is 0.252 e. The molecule has 1 saturated heterocycles. The van der Waals surface area contributed by atoms with Gasteiger partial charge in [-0.1, -0.05) is 15.9 Å². The fourth-order valence-corrected chi connectivity index (χ4v) is 2.58. The van der Waals surface area contributed by atoms with Crippen LogP contribution in [0.3, 0.4) is 0 Å². The summed E-state index contributed by atoms with van der Waals surface area (Å²) in [6.45, 7) is 4.21. The summed E-state index contributed by atoms with van der Waals surface area (Å²) >= 11 is 3.39. The number of rotatable bonds is 3. The van der Waals surface area contributed by atoms with Gasteiger partial charge in [0.25, 0.3) is 5.91 Å². The number of hydrogen-bond acceptors (Lipinski definition) is 3. The van der Waals surface area contributed by atoms with Crippen molar-refractivity contribution in [2.75, 3.05) is 11.9 Å². The lowest BCUT2D eigenvalue weighted by molar-refractivity contribution is -0.138. The van der Waals surface area contributed by atoms with Crippen LogP contribution in [0.15, 0.2) is 22.7 Å². The van der Waals surface area contributed by atoms with E-state index in [1.807, 2.05) is 32.0 Å². The molecule has 5 heteroatoms. The summed E-state index contributed by atoms with van der Waals surface area (Å²) in [5.74, 6) is -0.236. The number of anilines is 1. The van der Waals surface area contributed by atoms with Gasteiger partial charge < -0.3 is 5.32 Å². The maximum atomic E-state index is 12.0. The molecule has 2 amide bonds. The smallest absolute Gasteiger partial charge is 0.252 e. The molecule has 1 aromatic rings. The third-order valence-electron chi connectivity index (χ3n) is 3.08. The third kappa shape index (κ3) is 2.41. The lowest BCUT2D eigenvalue weighted by Crippen LogP contribution is -2.34. The van der Waals surface area contributed by atoms with Gasteiger partial charge in [-0.2, -0.15) is 0 Å². The van der Waals surface area contributed by atoms with Gasteiger partial charge in [0.15, 0.2) is 0 Å². The SMILES string of the molecule is CCN1C(=O)CC(Nc2ccc(Br)cc2C)C1=O. The molecule has 1 aromatic carbocycles. The number of amides is 2. The van der Waals surface area contributed by atoms with Crippen LogP contribution < -0.4 is 5.32 Å². The van der Waals surface area contributed by atoms with E-state index >= 15 is 0 Å². The number of hydrogen-bond donors (Lipinski definition) is 1. The standard InChI is InChI=1S/C13H15BrN2O2/c1-3-16-12(17)7-11(13(16)18)15-10-5-4-9(14)6-8(10)2/h4-6,11,15H,3,7H2,1-2H3. The molecule has 1 atom stereocenters. The third-order valence-corrected chi connectivity index (χ3v) is 3.57. The number of likely N-dealkylation sites (N-methyl/N-ethyl adjacent to an activating group) is 1. The Morgan fingerprint density at radius 1 is 1.44 bits per heavy atom. The van der Waals surface area contributed by atoms with E-state index in [0.29, 0.717) is 6.54 Å². The van der Waals surface area contributed by atoms with E-state index in [-0.39, 0.29) is 18.2 Å². The van der Waals surface area contributed by atoms with E-state index in [2.05, 4.69) is 21.2 Å². The average Bonchev–Trinajstić information content (AvgIpc) is 2.58. The number of likely N-dealkylation sites (tertiary alicyclic amines) is 1. The summed E-state index contributed by atoms with van der Waals surface area (Å²) in [7, 11) is 0. The molecule has 0 aromatic heterocycles. The number of carbonyl (C=O) groups is 2. The fourth-order valence-electron chi connectivity index (χ4n) is 2.10. The Balaban J connectivity index is 2.15. The van der Waals surface area contributed by atoms with Crippen molar-refractivity contribution in [3.8, 4) is 0 Å². The van der Waals surface area contributed by atoms with Crippen molar-refractivity contribution in [2.45, 2.75) is 26.3 Å². The number of imide groups is 1. The van der Waals surface area contributed by atoms with Crippen molar-refractivity contribution in [3.63, 3.8) is 0 Å². The molecule has 1 aliphatic heterocycles. The van der Waals surface area contributed by atoms with Crippen molar-refractivity contribution >= 4 is 33.4 Å². The van der Waals surface area contributed by atoms with Crippen molar-refractivity contribution in [1.29, 1.82) is 0 Å². The van der Waals surface area contributed by atoms with Crippen LogP contribution >= 0.6 is 15.9 Å². The minimum atomic E-state index is -0.433.